The molecule has 0 atom stereocenters. The summed E-state index contributed by atoms with van der Waals surface area (Å²) < 4.78 is 6.20. The van der Waals surface area contributed by atoms with E-state index in [1.807, 2.05) is 44.4 Å². The van der Waals surface area contributed by atoms with E-state index in [4.69, 9.17) is 16.0 Å². The molecule has 2 aromatic carbocycles. The van der Waals surface area contributed by atoms with Gasteiger partial charge in [-0.3, -0.25) is 0 Å². The molecule has 0 amide bonds. The maximum absolute atomic E-state index is 8.25. The second-order valence-electron chi connectivity index (χ2n) is 8.07. The summed E-state index contributed by atoms with van der Waals surface area (Å²) in [5, 5.41) is 13.1. The first-order valence-electron chi connectivity index (χ1n) is 10.2. The van der Waals surface area contributed by atoms with Gasteiger partial charge < -0.3 is 20.5 Å². The zero-order chi connectivity index (χ0) is 21.0. The highest BCUT2D eigenvalue weighted by Gasteiger charge is 2.27. The summed E-state index contributed by atoms with van der Waals surface area (Å²) in [4.78, 5) is 0. The average molecular weight is 393 g/mol. The molecule has 154 valence electrons. The number of anilines is 1. The molecule has 5 nitrogen and oxygen atoms in total. The normalized spacial score (nSPS) is 13.7. The fraction of sp³-hybridized carbons (Fsp3) is 0.375. The van der Waals surface area contributed by atoms with E-state index in [1.54, 1.807) is 11.1 Å². The number of nitrogens with two attached hydrogens (primary N) is 1. The van der Waals surface area contributed by atoms with Crippen molar-refractivity contribution in [1.29, 1.82) is 5.41 Å². The Balaban J connectivity index is 1.74. The molecule has 29 heavy (non-hydrogen) atoms. The van der Waals surface area contributed by atoms with Crippen LogP contribution in [0.5, 0.6) is 5.75 Å². The van der Waals surface area contributed by atoms with Crippen LogP contribution in [-0.4, -0.2) is 18.8 Å². The Morgan fingerprint density at radius 2 is 2.07 bits per heavy atom. The van der Waals surface area contributed by atoms with Gasteiger partial charge in [0.25, 0.3) is 0 Å². The summed E-state index contributed by atoms with van der Waals surface area (Å²) in [6, 6.07) is 12.6. The van der Waals surface area contributed by atoms with E-state index in [-0.39, 0.29) is 0 Å². The van der Waals surface area contributed by atoms with Gasteiger partial charge >= 0.3 is 0 Å². The molecule has 1 saturated carbocycles. The molecule has 0 spiro atoms. The van der Waals surface area contributed by atoms with Crippen LogP contribution >= 0.6 is 0 Å². The van der Waals surface area contributed by atoms with Crippen LogP contribution in [0.1, 0.15) is 54.9 Å². The van der Waals surface area contributed by atoms with Crippen molar-refractivity contribution in [2.45, 2.75) is 52.2 Å². The number of allylic oxidation sites excluding steroid dienone is 1. The van der Waals surface area contributed by atoms with Gasteiger partial charge in [-0.25, -0.2) is 5.84 Å². The predicted octanol–water partition coefficient (Wildman–Crippen LogP) is 4.64. The van der Waals surface area contributed by atoms with Crippen LogP contribution in [-0.2, 0) is 6.61 Å². The molecule has 5 heteroatoms. The molecule has 0 aromatic heterocycles. The lowest BCUT2D eigenvalue weighted by atomic mass is 10.0. The summed E-state index contributed by atoms with van der Waals surface area (Å²) >= 11 is 0. The van der Waals surface area contributed by atoms with E-state index in [0.717, 1.165) is 22.6 Å². The Labute approximate surface area is 174 Å². The maximum Gasteiger partial charge on any atom is 0.122 e. The smallest absolute Gasteiger partial charge is 0.122 e. The minimum Gasteiger partial charge on any atom is -0.489 e. The molecular formula is C24H32N4O. The molecule has 2 aromatic rings. The van der Waals surface area contributed by atoms with Crippen LogP contribution in [0.2, 0.25) is 0 Å². The fourth-order valence-corrected chi connectivity index (χ4v) is 3.41. The van der Waals surface area contributed by atoms with Gasteiger partial charge in [-0.1, -0.05) is 12.1 Å². The van der Waals surface area contributed by atoms with Crippen LogP contribution in [0, 0.1) is 12.3 Å². The van der Waals surface area contributed by atoms with Gasteiger partial charge in [-0.05, 0) is 92.8 Å². The molecule has 0 radical (unpaired) electrons. The molecule has 4 N–H and O–H groups in total. The highest BCUT2D eigenvalue weighted by molar-refractivity contribution is 6.06. The summed E-state index contributed by atoms with van der Waals surface area (Å²) in [6.45, 7) is 6.64. The third-order valence-corrected chi connectivity index (χ3v) is 5.12. The summed E-state index contributed by atoms with van der Waals surface area (Å²) in [5.74, 6) is 7.52. The van der Waals surface area contributed by atoms with Crippen LogP contribution in [0.15, 0.2) is 48.7 Å². The summed E-state index contributed by atoms with van der Waals surface area (Å²) in [6.07, 6.45) is 6.08. The minimum atomic E-state index is 0.354. The number of hydrogen-bond donors (Lipinski definition) is 3. The number of hydrazine groups is 1. The van der Waals surface area contributed by atoms with E-state index in [1.165, 1.54) is 24.0 Å². The van der Waals surface area contributed by atoms with Crippen molar-refractivity contribution >= 4 is 11.4 Å². The van der Waals surface area contributed by atoms with Crippen molar-refractivity contribution in [3.05, 3.63) is 70.9 Å². The highest BCUT2D eigenvalue weighted by atomic mass is 16.5. The largest absolute Gasteiger partial charge is 0.489 e. The molecule has 0 unspecified atom stereocenters. The molecule has 3 rings (SSSR count). The predicted molar refractivity (Wildman–Crippen MR) is 121 cm³/mol. The van der Waals surface area contributed by atoms with Crippen molar-refractivity contribution in [2.75, 3.05) is 12.1 Å². The van der Waals surface area contributed by atoms with Gasteiger partial charge in [0.05, 0.1) is 11.4 Å². The van der Waals surface area contributed by atoms with Crippen molar-refractivity contribution in [3.63, 3.8) is 0 Å². The number of nitrogens with zero attached hydrogens (tertiary/aromatic N) is 1. The Kier molecular flexibility index (Phi) is 6.60. The first-order chi connectivity index (χ1) is 13.9. The molecule has 1 fully saturated rings. The van der Waals surface area contributed by atoms with Gasteiger partial charge in [0.1, 0.15) is 12.4 Å². The monoisotopic (exact) mass is 392 g/mol. The average Bonchev–Trinajstić information content (AvgIpc) is 3.51. The molecular weight excluding hydrogens is 360 g/mol. The number of benzene rings is 2. The molecule has 0 saturated heterocycles. The first kappa shape index (κ1) is 20.9. The lowest BCUT2D eigenvalue weighted by Crippen LogP contribution is -2.27. The van der Waals surface area contributed by atoms with Gasteiger partial charge in [-0.2, -0.15) is 0 Å². The zero-order valence-corrected chi connectivity index (χ0v) is 17.8. The quantitative estimate of drug-likeness (QED) is 0.330. The maximum atomic E-state index is 8.25. The molecule has 0 heterocycles. The number of aryl methyl sites for hydroxylation is 1. The Morgan fingerprint density at radius 1 is 1.31 bits per heavy atom. The highest BCUT2D eigenvalue weighted by Crippen LogP contribution is 2.43. The SMILES string of the molecule is Cc1cc(C(=N)/C=C\NC(C)C)ccc1OCc1c(C2CC2)cccc1N(C)N. The number of hydrogen-bond acceptors (Lipinski definition) is 5. The van der Waals surface area contributed by atoms with Crippen LogP contribution < -0.4 is 20.9 Å². The van der Waals surface area contributed by atoms with Crippen LogP contribution in [0.4, 0.5) is 5.69 Å². The van der Waals surface area contributed by atoms with E-state index >= 15 is 0 Å². The van der Waals surface area contributed by atoms with Gasteiger partial charge in [-0.15, -0.1) is 0 Å². The molecule has 0 bridgehead atoms. The number of ether oxygens (including phenoxy) is 1. The van der Waals surface area contributed by atoms with E-state index in [2.05, 4.69) is 31.3 Å². The summed E-state index contributed by atoms with van der Waals surface area (Å²) in [7, 11) is 1.86. The Morgan fingerprint density at radius 3 is 2.69 bits per heavy atom. The van der Waals surface area contributed by atoms with E-state index < -0.39 is 0 Å². The second-order valence-corrected chi connectivity index (χ2v) is 8.07. The molecule has 1 aliphatic rings. The van der Waals surface area contributed by atoms with Crippen molar-refractivity contribution in [1.82, 2.24) is 5.32 Å². The van der Waals surface area contributed by atoms with Crippen LogP contribution in [0.25, 0.3) is 0 Å². The van der Waals surface area contributed by atoms with Crippen LogP contribution in [0.3, 0.4) is 0 Å². The molecule has 0 aliphatic heterocycles. The van der Waals surface area contributed by atoms with Gasteiger partial charge in [0.15, 0.2) is 0 Å². The Bertz CT molecular complexity index is 877. The van der Waals surface area contributed by atoms with Gasteiger partial charge in [0.2, 0.25) is 0 Å². The third-order valence-electron chi connectivity index (χ3n) is 5.12. The van der Waals surface area contributed by atoms with Crippen molar-refractivity contribution in [2.24, 2.45) is 5.84 Å². The number of nitrogens with one attached hydrogen (secondary N) is 2. The van der Waals surface area contributed by atoms with Crippen molar-refractivity contribution < 1.29 is 4.74 Å². The first-order valence-corrected chi connectivity index (χ1v) is 10.2. The standard InChI is InChI=1S/C24H32N4O/c1-16(2)27-13-12-22(25)19-10-11-24(17(3)14-19)29-15-21-20(18-8-9-18)6-5-7-23(21)28(4)26/h5-7,10-14,16,18,25,27H,8-9,15,26H2,1-4H3/b13-12-,25-22?. The second kappa shape index (κ2) is 9.14. The third kappa shape index (κ3) is 5.39. The van der Waals surface area contributed by atoms with Gasteiger partial charge in [0, 0.05) is 18.7 Å². The van der Waals surface area contributed by atoms with Crippen molar-refractivity contribution in [3.8, 4) is 5.75 Å². The zero-order valence-electron chi connectivity index (χ0n) is 17.8. The fourth-order valence-electron chi connectivity index (χ4n) is 3.41. The molecule has 1 aliphatic carbocycles. The lowest BCUT2D eigenvalue weighted by molar-refractivity contribution is 0.303. The van der Waals surface area contributed by atoms with E-state index in [9.17, 15) is 0 Å². The number of rotatable bonds is 9. The lowest BCUT2D eigenvalue weighted by Gasteiger charge is -2.21. The topological polar surface area (TPSA) is 74.4 Å². The minimum absolute atomic E-state index is 0.354. The summed E-state index contributed by atoms with van der Waals surface area (Å²) in [5.41, 5.74) is 5.88. The van der Waals surface area contributed by atoms with E-state index in [0.29, 0.717) is 24.3 Å². The Hall–Kier alpha value is -2.79.